The number of para-hydroxylation sites is 1. The molecule has 2 rings (SSSR count). The Labute approximate surface area is 123 Å². The lowest BCUT2D eigenvalue weighted by Crippen LogP contribution is -2.28. The molecular weight excluding hydrogens is 272 g/mol. The van der Waals surface area contributed by atoms with E-state index >= 15 is 0 Å². The molecule has 0 aliphatic carbocycles. The average molecular weight is 292 g/mol. The molecular formula is C15H20N2O2S. The lowest BCUT2D eigenvalue weighted by molar-refractivity contribution is -0.116. The van der Waals surface area contributed by atoms with Gasteiger partial charge in [-0.2, -0.15) is 0 Å². The van der Waals surface area contributed by atoms with Gasteiger partial charge in [-0.3, -0.25) is 9.59 Å². The van der Waals surface area contributed by atoms with Gasteiger partial charge in [0.15, 0.2) is 0 Å². The van der Waals surface area contributed by atoms with Crippen molar-refractivity contribution in [3.63, 3.8) is 0 Å². The first kappa shape index (κ1) is 14.9. The Hall–Kier alpha value is -1.49. The highest BCUT2D eigenvalue weighted by atomic mass is 32.2. The summed E-state index contributed by atoms with van der Waals surface area (Å²) < 4.78 is 0. The largest absolute Gasteiger partial charge is 0.332 e. The summed E-state index contributed by atoms with van der Waals surface area (Å²) in [7, 11) is 0. The molecule has 1 heterocycles. The van der Waals surface area contributed by atoms with Crippen LogP contribution in [0.5, 0.6) is 0 Å². The van der Waals surface area contributed by atoms with Gasteiger partial charge in [-0.25, -0.2) is 0 Å². The van der Waals surface area contributed by atoms with Crippen LogP contribution in [0.3, 0.4) is 0 Å². The zero-order chi connectivity index (χ0) is 14.5. The minimum absolute atomic E-state index is 0.0290. The van der Waals surface area contributed by atoms with Crippen LogP contribution >= 0.6 is 11.8 Å². The normalized spacial score (nSPS) is 14.7. The van der Waals surface area contributed by atoms with Crippen molar-refractivity contribution in [2.75, 3.05) is 24.2 Å². The maximum absolute atomic E-state index is 12.0. The number of amides is 2. The number of nitrogens with one attached hydrogen (secondary N) is 1. The number of benzene rings is 1. The summed E-state index contributed by atoms with van der Waals surface area (Å²) in [6.45, 7) is 5.33. The Morgan fingerprint density at radius 1 is 1.45 bits per heavy atom. The van der Waals surface area contributed by atoms with Gasteiger partial charge < -0.3 is 10.2 Å². The molecule has 0 bridgehead atoms. The Bertz CT molecular complexity index is 517. The molecule has 4 nitrogen and oxygen atoms in total. The molecule has 1 aromatic rings. The number of anilines is 1. The van der Waals surface area contributed by atoms with Crippen LogP contribution in [0.2, 0.25) is 0 Å². The van der Waals surface area contributed by atoms with Crippen LogP contribution in [0.1, 0.15) is 24.5 Å². The fourth-order valence-electron chi connectivity index (χ4n) is 2.27. The lowest BCUT2D eigenvalue weighted by Gasteiger charge is -2.16. The van der Waals surface area contributed by atoms with Crippen molar-refractivity contribution in [2.45, 2.75) is 26.7 Å². The van der Waals surface area contributed by atoms with Crippen molar-refractivity contribution in [1.29, 1.82) is 0 Å². The van der Waals surface area contributed by atoms with Crippen LogP contribution in [0.4, 0.5) is 10.5 Å². The van der Waals surface area contributed by atoms with Crippen LogP contribution in [0.25, 0.3) is 0 Å². The van der Waals surface area contributed by atoms with Crippen molar-refractivity contribution >= 4 is 28.6 Å². The van der Waals surface area contributed by atoms with Crippen molar-refractivity contribution < 1.29 is 9.59 Å². The molecule has 0 radical (unpaired) electrons. The van der Waals surface area contributed by atoms with E-state index in [2.05, 4.69) is 12.2 Å². The molecule has 20 heavy (non-hydrogen) atoms. The predicted octanol–water partition coefficient (Wildman–Crippen LogP) is 3.05. The standard InChI is InChI=1S/C15H20N2O2S/c1-3-12-6-4-5-11(2)14(12)16-13(18)7-8-17-9-10-20-15(17)19/h4-6H,3,7-10H2,1-2H3,(H,16,18). The molecule has 1 aliphatic heterocycles. The van der Waals surface area contributed by atoms with Crippen LogP contribution in [0.15, 0.2) is 18.2 Å². The summed E-state index contributed by atoms with van der Waals surface area (Å²) in [5.41, 5.74) is 3.14. The van der Waals surface area contributed by atoms with Crippen LogP contribution in [-0.2, 0) is 11.2 Å². The maximum atomic E-state index is 12.0. The van der Waals surface area contributed by atoms with Crippen LogP contribution in [-0.4, -0.2) is 34.9 Å². The molecule has 1 fully saturated rings. The molecule has 1 aliphatic rings. The second kappa shape index (κ2) is 6.79. The molecule has 1 N–H and O–H groups in total. The van der Waals surface area contributed by atoms with E-state index in [0.717, 1.165) is 35.5 Å². The number of aryl methyl sites for hydroxylation is 2. The van der Waals surface area contributed by atoms with E-state index in [4.69, 9.17) is 0 Å². The fourth-order valence-corrected chi connectivity index (χ4v) is 3.12. The summed E-state index contributed by atoms with van der Waals surface area (Å²) in [5.74, 6) is 0.803. The number of nitrogens with zero attached hydrogens (tertiary/aromatic N) is 1. The molecule has 2 amide bonds. The lowest BCUT2D eigenvalue weighted by atomic mass is 10.1. The third-order valence-corrected chi connectivity index (χ3v) is 4.35. The topological polar surface area (TPSA) is 49.4 Å². The third-order valence-electron chi connectivity index (χ3n) is 3.46. The molecule has 0 unspecified atom stereocenters. The molecule has 0 aromatic heterocycles. The van der Waals surface area contributed by atoms with Crippen LogP contribution in [0, 0.1) is 6.92 Å². The number of hydrogen-bond acceptors (Lipinski definition) is 3. The maximum Gasteiger partial charge on any atom is 0.281 e. The zero-order valence-corrected chi connectivity index (χ0v) is 12.8. The first-order chi connectivity index (χ1) is 9.61. The number of hydrogen-bond donors (Lipinski definition) is 1. The van der Waals surface area contributed by atoms with E-state index in [1.807, 2.05) is 25.1 Å². The Morgan fingerprint density at radius 3 is 2.90 bits per heavy atom. The van der Waals surface area contributed by atoms with E-state index in [1.54, 1.807) is 4.90 Å². The van der Waals surface area contributed by atoms with Gasteiger partial charge >= 0.3 is 0 Å². The minimum Gasteiger partial charge on any atom is -0.332 e. The number of thioether (sulfide) groups is 1. The third kappa shape index (κ3) is 3.54. The molecule has 5 heteroatoms. The SMILES string of the molecule is CCc1cccc(C)c1NC(=O)CCN1CCSC1=O. The monoisotopic (exact) mass is 292 g/mol. The summed E-state index contributed by atoms with van der Waals surface area (Å²) >= 11 is 1.32. The number of carbonyl (C=O) groups is 2. The molecule has 0 atom stereocenters. The predicted molar refractivity (Wildman–Crippen MR) is 83.2 cm³/mol. The molecule has 0 saturated carbocycles. The summed E-state index contributed by atoms with van der Waals surface area (Å²) in [6.07, 6.45) is 1.24. The van der Waals surface area contributed by atoms with E-state index < -0.39 is 0 Å². The number of rotatable bonds is 5. The van der Waals surface area contributed by atoms with Crippen molar-refractivity contribution in [1.82, 2.24) is 4.90 Å². The van der Waals surface area contributed by atoms with Crippen molar-refractivity contribution in [3.8, 4) is 0 Å². The van der Waals surface area contributed by atoms with E-state index in [1.165, 1.54) is 11.8 Å². The fraction of sp³-hybridized carbons (Fsp3) is 0.467. The molecule has 1 saturated heterocycles. The van der Waals surface area contributed by atoms with Gasteiger partial charge in [0.05, 0.1) is 0 Å². The van der Waals surface area contributed by atoms with Gasteiger partial charge in [0.25, 0.3) is 5.24 Å². The van der Waals surface area contributed by atoms with Gasteiger partial charge in [0, 0.05) is 31.0 Å². The Morgan fingerprint density at radius 2 is 2.25 bits per heavy atom. The second-order valence-electron chi connectivity index (χ2n) is 4.86. The molecule has 0 spiro atoms. The minimum atomic E-state index is -0.0290. The first-order valence-electron chi connectivity index (χ1n) is 6.92. The van der Waals surface area contributed by atoms with Crippen molar-refractivity contribution in [2.24, 2.45) is 0 Å². The van der Waals surface area contributed by atoms with Gasteiger partial charge in [-0.05, 0) is 24.5 Å². The van der Waals surface area contributed by atoms with Gasteiger partial charge in [0.1, 0.15) is 0 Å². The van der Waals surface area contributed by atoms with Gasteiger partial charge in [-0.15, -0.1) is 0 Å². The highest BCUT2D eigenvalue weighted by molar-refractivity contribution is 8.13. The number of carbonyl (C=O) groups excluding carboxylic acids is 2. The van der Waals surface area contributed by atoms with E-state index in [9.17, 15) is 9.59 Å². The highest BCUT2D eigenvalue weighted by Crippen LogP contribution is 2.22. The smallest absolute Gasteiger partial charge is 0.281 e. The second-order valence-corrected chi connectivity index (χ2v) is 5.91. The molecule has 1 aromatic carbocycles. The van der Waals surface area contributed by atoms with Gasteiger partial charge in [-0.1, -0.05) is 36.9 Å². The molecule has 108 valence electrons. The summed E-state index contributed by atoms with van der Waals surface area (Å²) in [6, 6.07) is 6.03. The Kier molecular flexibility index (Phi) is 5.06. The van der Waals surface area contributed by atoms with E-state index in [-0.39, 0.29) is 11.1 Å². The zero-order valence-electron chi connectivity index (χ0n) is 11.9. The van der Waals surface area contributed by atoms with Crippen LogP contribution < -0.4 is 5.32 Å². The van der Waals surface area contributed by atoms with Crippen molar-refractivity contribution in [3.05, 3.63) is 29.3 Å². The summed E-state index contributed by atoms with van der Waals surface area (Å²) in [4.78, 5) is 25.2. The van der Waals surface area contributed by atoms with E-state index in [0.29, 0.717) is 13.0 Å². The van der Waals surface area contributed by atoms with Gasteiger partial charge in [0.2, 0.25) is 5.91 Å². The quantitative estimate of drug-likeness (QED) is 0.907. The summed E-state index contributed by atoms with van der Waals surface area (Å²) in [5, 5.41) is 3.07. The Balaban J connectivity index is 1.93. The highest BCUT2D eigenvalue weighted by Gasteiger charge is 2.21. The average Bonchev–Trinajstić information content (AvgIpc) is 2.84. The first-order valence-corrected chi connectivity index (χ1v) is 7.90.